The first-order chi connectivity index (χ1) is 9.10. The van der Waals surface area contributed by atoms with Crippen LogP contribution in [0.4, 0.5) is 5.69 Å². The average Bonchev–Trinajstić information content (AvgIpc) is 2.67. The van der Waals surface area contributed by atoms with Crippen molar-refractivity contribution < 1.29 is 14.3 Å². The second kappa shape index (κ2) is 6.15. The van der Waals surface area contributed by atoms with Crippen molar-refractivity contribution in [2.24, 2.45) is 0 Å². The van der Waals surface area contributed by atoms with Crippen LogP contribution in [-0.2, 0) is 9.53 Å². The monoisotopic (exact) mass is 283 g/mol. The fraction of sp³-hybridized carbons (Fsp3) is 0.500. The first-order valence-electron chi connectivity index (χ1n) is 6.49. The number of halogens is 1. The second-order valence-electron chi connectivity index (χ2n) is 4.67. The van der Waals surface area contributed by atoms with Gasteiger partial charge in [0.05, 0.1) is 11.6 Å². The van der Waals surface area contributed by atoms with Gasteiger partial charge in [0.1, 0.15) is 17.9 Å². The Labute approximate surface area is 118 Å². The number of rotatable bonds is 5. The average molecular weight is 284 g/mol. The molecule has 0 spiro atoms. The summed E-state index contributed by atoms with van der Waals surface area (Å²) in [6, 6.07) is 5.13. The van der Waals surface area contributed by atoms with Crippen LogP contribution in [0.25, 0.3) is 0 Å². The van der Waals surface area contributed by atoms with Crippen molar-refractivity contribution in [1.82, 2.24) is 0 Å². The SMILES string of the molecule is CCCOc1ccc(NC2CC(C)OC2=O)cc1Cl. The molecule has 1 aromatic rings. The Morgan fingerprint density at radius 1 is 1.53 bits per heavy atom. The Morgan fingerprint density at radius 2 is 2.32 bits per heavy atom. The number of carbonyl (C=O) groups excluding carboxylic acids is 1. The molecule has 19 heavy (non-hydrogen) atoms. The summed E-state index contributed by atoms with van der Waals surface area (Å²) in [5.74, 6) is 0.450. The van der Waals surface area contributed by atoms with Crippen LogP contribution in [-0.4, -0.2) is 24.7 Å². The minimum Gasteiger partial charge on any atom is -0.492 e. The van der Waals surface area contributed by atoms with Crippen molar-refractivity contribution >= 4 is 23.3 Å². The minimum absolute atomic E-state index is 0.0346. The Morgan fingerprint density at radius 3 is 2.89 bits per heavy atom. The molecule has 5 heteroatoms. The van der Waals surface area contributed by atoms with Crippen molar-refractivity contribution in [1.29, 1.82) is 0 Å². The molecule has 0 bridgehead atoms. The highest BCUT2D eigenvalue weighted by Crippen LogP contribution is 2.29. The van der Waals surface area contributed by atoms with Gasteiger partial charge in [-0.1, -0.05) is 18.5 Å². The van der Waals surface area contributed by atoms with Gasteiger partial charge in [-0.2, -0.15) is 0 Å². The molecule has 0 amide bonds. The van der Waals surface area contributed by atoms with Crippen LogP contribution in [0, 0.1) is 0 Å². The number of nitrogens with one attached hydrogen (secondary N) is 1. The van der Waals surface area contributed by atoms with Gasteiger partial charge in [0.15, 0.2) is 0 Å². The first-order valence-corrected chi connectivity index (χ1v) is 6.87. The van der Waals surface area contributed by atoms with Crippen LogP contribution in [0.3, 0.4) is 0 Å². The molecule has 0 saturated carbocycles. The van der Waals surface area contributed by atoms with Gasteiger partial charge in [-0.15, -0.1) is 0 Å². The van der Waals surface area contributed by atoms with Crippen molar-refractivity contribution in [3.05, 3.63) is 23.2 Å². The Bertz CT molecular complexity index is 464. The number of carbonyl (C=O) groups is 1. The summed E-state index contributed by atoms with van der Waals surface area (Å²) in [7, 11) is 0. The molecule has 1 saturated heterocycles. The van der Waals surface area contributed by atoms with Gasteiger partial charge in [0, 0.05) is 12.1 Å². The van der Waals surface area contributed by atoms with Gasteiger partial charge in [-0.05, 0) is 31.5 Å². The van der Waals surface area contributed by atoms with E-state index in [1.54, 1.807) is 6.07 Å². The predicted octanol–water partition coefficient (Wildman–Crippen LogP) is 3.24. The van der Waals surface area contributed by atoms with Crippen molar-refractivity contribution in [3.8, 4) is 5.75 Å². The molecule has 1 N–H and O–H groups in total. The van der Waals surface area contributed by atoms with E-state index in [4.69, 9.17) is 21.1 Å². The maximum Gasteiger partial charge on any atom is 0.328 e. The number of ether oxygens (including phenoxy) is 2. The van der Waals surface area contributed by atoms with Gasteiger partial charge < -0.3 is 14.8 Å². The third kappa shape index (κ3) is 3.53. The fourth-order valence-corrected chi connectivity index (χ4v) is 2.23. The zero-order valence-corrected chi connectivity index (χ0v) is 11.9. The summed E-state index contributed by atoms with van der Waals surface area (Å²) in [6.45, 7) is 4.56. The highest BCUT2D eigenvalue weighted by Gasteiger charge is 2.31. The molecular formula is C14H18ClNO3. The van der Waals surface area contributed by atoms with Crippen molar-refractivity contribution in [2.75, 3.05) is 11.9 Å². The smallest absolute Gasteiger partial charge is 0.328 e. The maximum atomic E-state index is 11.5. The lowest BCUT2D eigenvalue weighted by atomic mass is 10.2. The molecule has 4 nitrogen and oxygen atoms in total. The number of cyclic esters (lactones) is 1. The van der Waals surface area contributed by atoms with E-state index in [1.165, 1.54) is 0 Å². The van der Waals surface area contributed by atoms with Gasteiger partial charge >= 0.3 is 5.97 Å². The summed E-state index contributed by atoms with van der Waals surface area (Å²) in [5, 5.41) is 3.67. The summed E-state index contributed by atoms with van der Waals surface area (Å²) < 4.78 is 10.6. The molecule has 1 aliphatic heterocycles. The number of anilines is 1. The summed E-state index contributed by atoms with van der Waals surface area (Å²) in [4.78, 5) is 11.5. The summed E-state index contributed by atoms with van der Waals surface area (Å²) in [6.07, 6.45) is 1.57. The number of esters is 1. The van der Waals surface area contributed by atoms with Gasteiger partial charge in [0.25, 0.3) is 0 Å². The van der Waals surface area contributed by atoms with Gasteiger partial charge in [0.2, 0.25) is 0 Å². The van der Waals surface area contributed by atoms with Crippen molar-refractivity contribution in [3.63, 3.8) is 0 Å². The van der Waals surface area contributed by atoms with Crippen LogP contribution in [0.1, 0.15) is 26.7 Å². The quantitative estimate of drug-likeness (QED) is 0.843. The zero-order valence-electron chi connectivity index (χ0n) is 11.1. The Balaban J connectivity index is 2.02. The molecule has 2 atom stereocenters. The lowest BCUT2D eigenvalue weighted by Gasteiger charge is -2.12. The van der Waals surface area contributed by atoms with E-state index in [0.717, 1.165) is 12.1 Å². The molecule has 1 aromatic carbocycles. The van der Waals surface area contributed by atoms with Crippen LogP contribution in [0.5, 0.6) is 5.75 Å². The van der Waals surface area contributed by atoms with Gasteiger partial charge in [-0.25, -0.2) is 4.79 Å². The largest absolute Gasteiger partial charge is 0.492 e. The van der Waals surface area contributed by atoms with Crippen LogP contribution >= 0.6 is 11.6 Å². The molecule has 2 unspecified atom stereocenters. The molecule has 0 aromatic heterocycles. The van der Waals surface area contributed by atoms with E-state index < -0.39 is 0 Å². The molecular weight excluding hydrogens is 266 g/mol. The predicted molar refractivity (Wildman–Crippen MR) is 74.8 cm³/mol. The Kier molecular flexibility index (Phi) is 4.53. The molecule has 104 valence electrons. The van der Waals surface area contributed by atoms with E-state index in [9.17, 15) is 4.79 Å². The number of hydrogen-bond donors (Lipinski definition) is 1. The second-order valence-corrected chi connectivity index (χ2v) is 5.08. The molecule has 0 radical (unpaired) electrons. The number of benzene rings is 1. The fourth-order valence-electron chi connectivity index (χ4n) is 2.00. The van der Waals surface area contributed by atoms with Crippen molar-refractivity contribution in [2.45, 2.75) is 38.8 Å². The Hall–Kier alpha value is -1.42. The molecule has 2 rings (SSSR count). The zero-order chi connectivity index (χ0) is 13.8. The lowest BCUT2D eigenvalue weighted by molar-refractivity contribution is -0.141. The maximum absolute atomic E-state index is 11.5. The molecule has 1 aliphatic rings. The van der Waals surface area contributed by atoms with E-state index in [-0.39, 0.29) is 18.1 Å². The van der Waals surface area contributed by atoms with Gasteiger partial charge in [-0.3, -0.25) is 0 Å². The van der Waals surface area contributed by atoms with Crippen LogP contribution in [0.2, 0.25) is 5.02 Å². The summed E-state index contributed by atoms with van der Waals surface area (Å²) >= 11 is 6.13. The lowest BCUT2D eigenvalue weighted by Crippen LogP contribution is -2.24. The molecule has 1 heterocycles. The van der Waals surface area contributed by atoms with E-state index in [0.29, 0.717) is 23.8 Å². The van der Waals surface area contributed by atoms with E-state index >= 15 is 0 Å². The number of hydrogen-bond acceptors (Lipinski definition) is 4. The molecule has 1 fully saturated rings. The highest BCUT2D eigenvalue weighted by molar-refractivity contribution is 6.32. The minimum atomic E-state index is -0.298. The van der Waals surface area contributed by atoms with Crippen LogP contribution < -0.4 is 10.1 Å². The first kappa shape index (κ1) is 14.0. The summed E-state index contributed by atoms with van der Waals surface area (Å²) in [5.41, 5.74) is 0.796. The van der Waals surface area contributed by atoms with Crippen LogP contribution in [0.15, 0.2) is 18.2 Å². The topological polar surface area (TPSA) is 47.6 Å². The third-order valence-electron chi connectivity index (χ3n) is 2.90. The third-order valence-corrected chi connectivity index (χ3v) is 3.20. The standard InChI is InChI=1S/C14H18ClNO3/c1-3-6-18-13-5-4-10(8-11(13)15)16-12-7-9(2)19-14(12)17/h4-5,8-9,12,16H,3,6-7H2,1-2H3. The van der Waals surface area contributed by atoms with E-state index in [2.05, 4.69) is 5.32 Å². The molecule has 0 aliphatic carbocycles. The normalized spacial score (nSPS) is 22.2. The highest BCUT2D eigenvalue weighted by atomic mass is 35.5. The van der Waals surface area contributed by atoms with E-state index in [1.807, 2.05) is 26.0 Å².